The second kappa shape index (κ2) is 7.45. The monoisotopic (exact) mass is 455 g/mol. The molecule has 164 valence electrons. The fourth-order valence-corrected chi connectivity index (χ4v) is 5.25. The van der Waals surface area contributed by atoms with Gasteiger partial charge in [-0.3, -0.25) is 0 Å². The molecule has 2 fully saturated rings. The zero-order valence-corrected chi connectivity index (χ0v) is 17.0. The summed E-state index contributed by atoms with van der Waals surface area (Å²) in [6, 6.07) is 6.29. The lowest BCUT2D eigenvalue weighted by atomic mass is 10.0. The van der Waals surface area contributed by atoms with Crippen molar-refractivity contribution in [3.05, 3.63) is 64.9 Å². The Bertz CT molecular complexity index is 1100. The van der Waals surface area contributed by atoms with Crippen LogP contribution in [0.4, 0.5) is 22.0 Å². The predicted molar refractivity (Wildman–Crippen MR) is 107 cm³/mol. The van der Waals surface area contributed by atoms with Crippen LogP contribution in [-0.4, -0.2) is 22.3 Å². The number of nitrogens with one attached hydrogen (secondary N) is 1. The lowest BCUT2D eigenvalue weighted by Gasteiger charge is -2.23. The summed E-state index contributed by atoms with van der Waals surface area (Å²) in [5, 5.41) is 3.09. The van der Waals surface area contributed by atoms with E-state index in [1.807, 2.05) is 4.57 Å². The van der Waals surface area contributed by atoms with Crippen LogP contribution >= 0.6 is 11.6 Å². The minimum atomic E-state index is -4.41. The predicted octanol–water partition coefficient (Wildman–Crippen LogP) is 6.06. The Hall–Kier alpha value is -2.19. The van der Waals surface area contributed by atoms with Gasteiger partial charge in [0.25, 0.3) is 0 Å². The molecule has 0 spiro atoms. The van der Waals surface area contributed by atoms with Crippen molar-refractivity contribution in [3.8, 4) is 0 Å². The van der Waals surface area contributed by atoms with Crippen LogP contribution in [0.25, 0.3) is 11.0 Å². The molecule has 0 radical (unpaired) electrons. The number of fused-ring (bicyclic) bond motifs is 2. The number of rotatable bonds is 5. The maximum Gasteiger partial charge on any atom is 0.407 e. The van der Waals surface area contributed by atoms with Crippen LogP contribution in [-0.2, 0) is 0 Å². The number of nitrogens with zero attached hydrogens (tertiary/aromatic N) is 2. The van der Waals surface area contributed by atoms with Crippen molar-refractivity contribution >= 4 is 22.6 Å². The first-order chi connectivity index (χ1) is 14.7. The summed E-state index contributed by atoms with van der Waals surface area (Å²) in [5.41, 5.74) is 1.08. The number of alkyl halides is 3. The number of halogens is 6. The van der Waals surface area contributed by atoms with Crippen molar-refractivity contribution in [1.29, 1.82) is 0 Å². The Balaban J connectivity index is 1.23. The fourth-order valence-electron chi connectivity index (χ4n) is 5.12. The van der Waals surface area contributed by atoms with E-state index < -0.39 is 23.9 Å². The van der Waals surface area contributed by atoms with Crippen molar-refractivity contribution in [2.45, 2.75) is 31.1 Å². The molecule has 31 heavy (non-hydrogen) atoms. The molecule has 5 rings (SSSR count). The van der Waals surface area contributed by atoms with E-state index in [1.54, 1.807) is 6.33 Å². The van der Waals surface area contributed by atoms with Gasteiger partial charge in [-0.05, 0) is 54.8 Å². The van der Waals surface area contributed by atoms with Crippen LogP contribution in [0.2, 0.25) is 5.02 Å². The summed E-state index contributed by atoms with van der Waals surface area (Å²) >= 11 is 5.79. The third-order valence-electron chi connectivity index (χ3n) is 6.70. The number of benzene rings is 2. The van der Waals surface area contributed by atoms with Crippen molar-refractivity contribution < 1.29 is 22.0 Å². The van der Waals surface area contributed by atoms with E-state index in [1.165, 1.54) is 24.3 Å². The Morgan fingerprint density at radius 1 is 1.06 bits per heavy atom. The first kappa shape index (κ1) is 20.7. The molecule has 0 aliphatic heterocycles. The largest absolute Gasteiger partial charge is 0.407 e. The van der Waals surface area contributed by atoms with Gasteiger partial charge in [0.1, 0.15) is 6.04 Å². The second-order valence-electron chi connectivity index (χ2n) is 8.46. The highest BCUT2D eigenvalue weighted by atomic mass is 35.5. The van der Waals surface area contributed by atoms with Crippen molar-refractivity contribution in [2.75, 3.05) is 6.54 Å². The molecule has 1 aromatic heterocycles. The molecule has 9 heteroatoms. The Morgan fingerprint density at radius 3 is 2.35 bits per heavy atom. The molecule has 2 aromatic carbocycles. The number of hydrogen-bond donors (Lipinski definition) is 1. The van der Waals surface area contributed by atoms with E-state index in [4.69, 9.17) is 11.6 Å². The van der Waals surface area contributed by atoms with E-state index >= 15 is 0 Å². The third-order valence-corrected chi connectivity index (χ3v) is 6.95. The zero-order valence-electron chi connectivity index (χ0n) is 16.2. The molecule has 5 atom stereocenters. The summed E-state index contributed by atoms with van der Waals surface area (Å²) < 4.78 is 69.6. The zero-order chi connectivity index (χ0) is 21.9. The van der Waals surface area contributed by atoms with E-state index in [2.05, 4.69) is 10.3 Å². The van der Waals surface area contributed by atoms with E-state index in [0.717, 1.165) is 25.0 Å². The molecular weight excluding hydrogens is 437 g/mol. The molecule has 0 amide bonds. The van der Waals surface area contributed by atoms with Gasteiger partial charge in [-0.25, -0.2) is 13.8 Å². The SMILES string of the molecule is Fc1cc2ncn(C3C[C@@H]4C(CNC(c5ccc(Cl)cc5)C(F)(F)F)[C@@H]4C3)c2cc1F. The molecule has 1 N–H and O–H groups in total. The lowest BCUT2D eigenvalue weighted by Crippen LogP contribution is -2.36. The van der Waals surface area contributed by atoms with Gasteiger partial charge in [0.15, 0.2) is 11.6 Å². The van der Waals surface area contributed by atoms with Gasteiger partial charge in [0.2, 0.25) is 0 Å². The van der Waals surface area contributed by atoms with Crippen LogP contribution in [0.5, 0.6) is 0 Å². The van der Waals surface area contributed by atoms with Gasteiger partial charge in [-0.15, -0.1) is 0 Å². The second-order valence-corrected chi connectivity index (χ2v) is 8.89. The lowest BCUT2D eigenvalue weighted by molar-refractivity contribution is -0.158. The number of imidazole rings is 1. The van der Waals surface area contributed by atoms with E-state index in [0.29, 0.717) is 27.9 Å². The quantitative estimate of drug-likeness (QED) is 0.474. The van der Waals surface area contributed by atoms with Gasteiger partial charge in [-0.2, -0.15) is 13.2 Å². The van der Waals surface area contributed by atoms with Gasteiger partial charge < -0.3 is 9.88 Å². The van der Waals surface area contributed by atoms with Crippen LogP contribution < -0.4 is 5.32 Å². The molecule has 3 aromatic rings. The molecule has 2 aliphatic carbocycles. The summed E-state index contributed by atoms with van der Waals surface area (Å²) in [4.78, 5) is 4.16. The maximum atomic E-state index is 13.7. The smallest absolute Gasteiger partial charge is 0.327 e. The summed E-state index contributed by atoms with van der Waals surface area (Å²) in [5.74, 6) is -1.03. The molecule has 1 heterocycles. The minimum absolute atomic E-state index is 0.0933. The maximum absolute atomic E-state index is 13.7. The first-order valence-electron chi connectivity index (χ1n) is 10.1. The molecule has 0 bridgehead atoms. The highest BCUT2D eigenvalue weighted by Crippen LogP contribution is 2.61. The first-order valence-corrected chi connectivity index (χ1v) is 10.5. The highest BCUT2D eigenvalue weighted by Gasteiger charge is 2.56. The Labute approximate surface area is 180 Å². The Morgan fingerprint density at radius 2 is 1.71 bits per heavy atom. The van der Waals surface area contributed by atoms with Crippen LogP contribution in [0.15, 0.2) is 42.7 Å². The average molecular weight is 456 g/mol. The van der Waals surface area contributed by atoms with E-state index in [9.17, 15) is 22.0 Å². The molecular formula is C22H19ClF5N3. The standard InChI is InChI=1S/C22H19ClF5N3/c23-12-3-1-11(2-4-12)21(22(26,27)28)29-9-16-14-5-13(6-15(14)16)31-10-30-19-7-17(24)18(25)8-20(19)31/h1-4,7-8,10,13-16,21,29H,5-6,9H2/t13?,14-,15+,16?,21?. The van der Waals surface area contributed by atoms with Crippen molar-refractivity contribution in [2.24, 2.45) is 17.8 Å². The van der Waals surface area contributed by atoms with Crippen LogP contribution in [0.3, 0.4) is 0 Å². The van der Waals surface area contributed by atoms with E-state index in [-0.39, 0.29) is 24.1 Å². The number of aromatic nitrogens is 2. The highest BCUT2D eigenvalue weighted by molar-refractivity contribution is 6.30. The minimum Gasteiger partial charge on any atom is -0.327 e. The fraction of sp³-hybridized carbons (Fsp3) is 0.409. The van der Waals surface area contributed by atoms with Crippen LogP contribution in [0.1, 0.15) is 30.5 Å². The summed E-state index contributed by atoms with van der Waals surface area (Å²) in [6.07, 6.45) is -1.24. The average Bonchev–Trinajstić information content (AvgIpc) is 3.04. The summed E-state index contributed by atoms with van der Waals surface area (Å²) in [6.45, 7) is 0.277. The van der Waals surface area contributed by atoms with Gasteiger partial charge >= 0.3 is 6.18 Å². The molecule has 2 saturated carbocycles. The molecule has 3 unspecified atom stereocenters. The van der Waals surface area contributed by atoms with Crippen molar-refractivity contribution in [1.82, 2.24) is 14.9 Å². The third kappa shape index (κ3) is 3.80. The van der Waals surface area contributed by atoms with Gasteiger partial charge in [-0.1, -0.05) is 23.7 Å². The van der Waals surface area contributed by atoms with Gasteiger partial charge in [0.05, 0.1) is 17.4 Å². The van der Waals surface area contributed by atoms with Crippen LogP contribution in [0, 0.1) is 29.4 Å². The van der Waals surface area contributed by atoms with Crippen molar-refractivity contribution in [3.63, 3.8) is 0 Å². The summed E-state index contributed by atoms with van der Waals surface area (Å²) in [7, 11) is 0. The topological polar surface area (TPSA) is 29.9 Å². The van der Waals surface area contributed by atoms with Gasteiger partial charge in [0, 0.05) is 23.2 Å². The normalized spacial score (nSPS) is 26.3. The molecule has 2 aliphatic rings. The number of hydrogen-bond acceptors (Lipinski definition) is 2. The molecule has 0 saturated heterocycles. The molecule has 3 nitrogen and oxygen atoms in total. The Kier molecular flexibility index (Phi) is 4.97.